The molecule has 0 saturated carbocycles. The van der Waals surface area contributed by atoms with E-state index in [1.54, 1.807) is 24.3 Å². The third-order valence-electron chi connectivity index (χ3n) is 2.60. The van der Waals surface area contributed by atoms with Crippen molar-refractivity contribution in [2.24, 2.45) is 10.2 Å². The molecule has 0 heterocycles. The summed E-state index contributed by atoms with van der Waals surface area (Å²) in [6.07, 6.45) is 0. The van der Waals surface area contributed by atoms with E-state index in [4.69, 9.17) is 11.6 Å². The zero-order valence-corrected chi connectivity index (χ0v) is 10.9. The van der Waals surface area contributed by atoms with Gasteiger partial charge in [-0.05, 0) is 49.2 Å². The van der Waals surface area contributed by atoms with Gasteiger partial charge in [0.05, 0.1) is 10.7 Å². The lowest BCUT2D eigenvalue weighted by Gasteiger charge is -2.03. The van der Waals surface area contributed by atoms with Gasteiger partial charge in [-0.3, -0.25) is 0 Å². The summed E-state index contributed by atoms with van der Waals surface area (Å²) >= 11 is 5.98. The fraction of sp³-hybridized carbons (Fsp3) is 0.143. The molecule has 0 amide bonds. The van der Waals surface area contributed by atoms with Gasteiger partial charge in [-0.15, -0.1) is 5.11 Å². The van der Waals surface area contributed by atoms with Crippen LogP contribution in [0.3, 0.4) is 0 Å². The molecule has 0 aliphatic heterocycles. The van der Waals surface area contributed by atoms with Crippen LogP contribution in [0, 0.1) is 13.8 Å². The highest BCUT2D eigenvalue weighted by Gasteiger charge is 2.03. The first kappa shape index (κ1) is 12.6. The van der Waals surface area contributed by atoms with Gasteiger partial charge in [0.2, 0.25) is 0 Å². The van der Waals surface area contributed by atoms with Gasteiger partial charge in [0.1, 0.15) is 11.4 Å². The van der Waals surface area contributed by atoms with E-state index in [-0.39, 0.29) is 0 Å². The first-order chi connectivity index (χ1) is 8.58. The molecule has 92 valence electrons. The summed E-state index contributed by atoms with van der Waals surface area (Å²) in [6, 6.07) is 10.8. The van der Waals surface area contributed by atoms with Gasteiger partial charge in [-0.1, -0.05) is 23.7 Å². The Bertz CT molecular complexity index is 585. The van der Waals surface area contributed by atoms with Gasteiger partial charge in [-0.2, -0.15) is 5.11 Å². The lowest BCUT2D eigenvalue weighted by Crippen LogP contribution is -1.79. The number of hydrogen-bond donors (Lipinski definition) is 1. The van der Waals surface area contributed by atoms with Crippen molar-refractivity contribution in [1.29, 1.82) is 0 Å². The number of halogens is 1. The topological polar surface area (TPSA) is 45.0 Å². The maximum absolute atomic E-state index is 9.67. The summed E-state index contributed by atoms with van der Waals surface area (Å²) in [5.41, 5.74) is 2.89. The third kappa shape index (κ3) is 2.68. The molecule has 3 nitrogen and oxygen atoms in total. The predicted octanol–water partition coefficient (Wildman–Crippen LogP) is 5.08. The van der Waals surface area contributed by atoms with Gasteiger partial charge in [0, 0.05) is 0 Å². The number of benzene rings is 2. The monoisotopic (exact) mass is 260 g/mol. The summed E-state index contributed by atoms with van der Waals surface area (Å²) in [5, 5.41) is 18.5. The van der Waals surface area contributed by atoms with Crippen LogP contribution in [-0.2, 0) is 0 Å². The maximum atomic E-state index is 9.67. The quantitative estimate of drug-likeness (QED) is 0.752. The second-order valence-corrected chi connectivity index (χ2v) is 4.49. The van der Waals surface area contributed by atoms with Gasteiger partial charge in [0.25, 0.3) is 0 Å². The minimum absolute atomic E-state index is 0.298. The van der Waals surface area contributed by atoms with Crippen LogP contribution in [-0.4, -0.2) is 5.11 Å². The van der Waals surface area contributed by atoms with E-state index in [9.17, 15) is 5.11 Å². The highest BCUT2D eigenvalue weighted by molar-refractivity contribution is 6.32. The Balaban J connectivity index is 2.33. The number of aryl methyl sites for hydroxylation is 2. The van der Waals surface area contributed by atoms with Crippen molar-refractivity contribution in [2.45, 2.75) is 13.8 Å². The minimum atomic E-state index is 0.298. The van der Waals surface area contributed by atoms with E-state index in [1.807, 2.05) is 26.0 Å². The van der Waals surface area contributed by atoms with E-state index in [2.05, 4.69) is 10.2 Å². The molecule has 0 radical (unpaired) electrons. The van der Waals surface area contributed by atoms with Crippen LogP contribution in [0.2, 0.25) is 5.02 Å². The number of nitrogens with zero attached hydrogens (tertiary/aromatic N) is 2. The van der Waals surface area contributed by atoms with Gasteiger partial charge >= 0.3 is 0 Å². The van der Waals surface area contributed by atoms with Crippen LogP contribution in [0.1, 0.15) is 11.1 Å². The Morgan fingerprint density at radius 1 is 1.00 bits per heavy atom. The Morgan fingerprint density at radius 3 is 2.22 bits per heavy atom. The molecule has 0 atom stereocenters. The van der Waals surface area contributed by atoms with E-state index >= 15 is 0 Å². The lowest BCUT2D eigenvalue weighted by molar-refractivity contribution is 0.467. The third-order valence-corrected chi connectivity index (χ3v) is 2.92. The largest absolute Gasteiger partial charge is 0.507 e. The standard InChI is InChI=1S/C14H13ClN2O/c1-9-7-11(8-10(2)14(9)18)16-17-13-6-4-3-5-12(13)15/h3-8,18H,1-2H3. The van der Waals surface area contributed by atoms with Crippen LogP contribution in [0.5, 0.6) is 5.75 Å². The van der Waals surface area contributed by atoms with Crippen LogP contribution in [0.15, 0.2) is 46.6 Å². The molecule has 2 rings (SSSR count). The first-order valence-corrected chi connectivity index (χ1v) is 5.92. The zero-order valence-electron chi connectivity index (χ0n) is 10.2. The summed E-state index contributed by atoms with van der Waals surface area (Å²) < 4.78 is 0. The van der Waals surface area contributed by atoms with E-state index in [1.165, 1.54) is 0 Å². The second-order valence-electron chi connectivity index (χ2n) is 4.08. The molecule has 0 spiro atoms. The molecule has 0 aliphatic rings. The van der Waals surface area contributed by atoms with Crippen LogP contribution >= 0.6 is 11.6 Å². The second kappa shape index (κ2) is 5.19. The van der Waals surface area contributed by atoms with Gasteiger partial charge < -0.3 is 5.11 Å². The molecule has 0 aliphatic carbocycles. The van der Waals surface area contributed by atoms with Crippen molar-refractivity contribution in [1.82, 2.24) is 0 Å². The molecule has 0 aromatic heterocycles. The van der Waals surface area contributed by atoms with Crippen LogP contribution in [0.25, 0.3) is 0 Å². The van der Waals surface area contributed by atoms with E-state index in [0.717, 1.165) is 11.1 Å². The molecule has 1 N–H and O–H groups in total. The van der Waals surface area contributed by atoms with Gasteiger partial charge in [-0.25, -0.2) is 0 Å². The Labute approximate surface area is 111 Å². The number of phenols is 1. The molecule has 2 aromatic rings. The van der Waals surface area contributed by atoms with Crippen molar-refractivity contribution in [3.63, 3.8) is 0 Å². The Morgan fingerprint density at radius 2 is 1.61 bits per heavy atom. The molecule has 0 bridgehead atoms. The number of rotatable bonds is 2. The summed E-state index contributed by atoms with van der Waals surface area (Å²) in [4.78, 5) is 0. The number of aromatic hydroxyl groups is 1. The number of azo groups is 1. The Kier molecular flexibility index (Phi) is 3.63. The smallest absolute Gasteiger partial charge is 0.121 e. The van der Waals surface area contributed by atoms with Gasteiger partial charge in [0.15, 0.2) is 0 Å². The zero-order chi connectivity index (χ0) is 13.1. The SMILES string of the molecule is Cc1cc(N=Nc2ccccc2Cl)cc(C)c1O. The minimum Gasteiger partial charge on any atom is -0.507 e. The Hall–Kier alpha value is -1.87. The molecule has 0 saturated heterocycles. The summed E-state index contributed by atoms with van der Waals surface area (Å²) in [7, 11) is 0. The fourth-order valence-corrected chi connectivity index (χ4v) is 1.81. The normalized spacial score (nSPS) is 11.1. The van der Waals surface area contributed by atoms with E-state index < -0.39 is 0 Å². The lowest BCUT2D eigenvalue weighted by atomic mass is 10.1. The van der Waals surface area contributed by atoms with Crippen LogP contribution in [0.4, 0.5) is 11.4 Å². The van der Waals surface area contributed by atoms with Crippen molar-refractivity contribution >= 4 is 23.0 Å². The van der Waals surface area contributed by atoms with Crippen molar-refractivity contribution < 1.29 is 5.11 Å². The average molecular weight is 261 g/mol. The van der Waals surface area contributed by atoms with Crippen LogP contribution < -0.4 is 0 Å². The molecule has 0 fully saturated rings. The molecule has 18 heavy (non-hydrogen) atoms. The highest BCUT2D eigenvalue weighted by atomic mass is 35.5. The number of phenolic OH excluding ortho intramolecular Hbond substituents is 1. The molecule has 2 aromatic carbocycles. The molecular formula is C14H13ClN2O. The predicted molar refractivity (Wildman–Crippen MR) is 73.2 cm³/mol. The van der Waals surface area contributed by atoms with Crippen molar-refractivity contribution in [2.75, 3.05) is 0 Å². The van der Waals surface area contributed by atoms with Crippen molar-refractivity contribution in [3.8, 4) is 5.75 Å². The number of hydrogen-bond acceptors (Lipinski definition) is 3. The average Bonchev–Trinajstić information content (AvgIpc) is 2.35. The fourth-order valence-electron chi connectivity index (χ4n) is 1.64. The molecule has 0 unspecified atom stereocenters. The summed E-state index contributed by atoms with van der Waals surface area (Å²) in [5.74, 6) is 0.298. The highest BCUT2D eigenvalue weighted by Crippen LogP contribution is 2.30. The summed E-state index contributed by atoms with van der Waals surface area (Å²) in [6.45, 7) is 3.66. The van der Waals surface area contributed by atoms with Crippen molar-refractivity contribution in [3.05, 3.63) is 52.5 Å². The molecule has 4 heteroatoms. The van der Waals surface area contributed by atoms with E-state index in [0.29, 0.717) is 22.1 Å². The maximum Gasteiger partial charge on any atom is 0.121 e. The molecular weight excluding hydrogens is 248 g/mol. The first-order valence-electron chi connectivity index (χ1n) is 5.54.